The van der Waals surface area contributed by atoms with Crippen LogP contribution in [-0.2, 0) is 10.2 Å². The van der Waals surface area contributed by atoms with Gasteiger partial charge in [0.15, 0.2) is 17.3 Å². The maximum atomic E-state index is 14.7. The zero-order valence-corrected chi connectivity index (χ0v) is 23.8. The van der Waals surface area contributed by atoms with Gasteiger partial charge in [-0.15, -0.1) is 0 Å². The van der Waals surface area contributed by atoms with Crippen LogP contribution in [0.4, 0.5) is 4.39 Å². The number of halogens is 1. The molecule has 2 aliphatic rings. The van der Waals surface area contributed by atoms with E-state index in [2.05, 4.69) is 55.3 Å². The molecule has 0 aliphatic carbocycles. The number of ether oxygens (including phenoxy) is 2. The zero-order chi connectivity index (χ0) is 29.1. The highest BCUT2D eigenvalue weighted by atomic mass is 19.1. The van der Waals surface area contributed by atoms with Crippen LogP contribution in [0.1, 0.15) is 61.2 Å². The molecule has 1 saturated heterocycles. The van der Waals surface area contributed by atoms with Crippen LogP contribution >= 0.6 is 0 Å². The summed E-state index contributed by atoms with van der Waals surface area (Å²) in [7, 11) is 0. The Morgan fingerprint density at radius 2 is 1.56 bits per heavy atom. The minimum absolute atomic E-state index is 0.0103. The fourth-order valence-electron chi connectivity index (χ4n) is 5.34. The molecule has 0 saturated carbocycles. The van der Waals surface area contributed by atoms with Crippen molar-refractivity contribution >= 4 is 11.7 Å². The molecule has 216 valence electrons. The van der Waals surface area contributed by atoms with Gasteiger partial charge in [-0.2, -0.15) is 0 Å². The molecule has 0 spiro atoms. The van der Waals surface area contributed by atoms with E-state index >= 15 is 0 Å². The van der Waals surface area contributed by atoms with Gasteiger partial charge in [0.05, 0.1) is 6.04 Å². The average molecular weight is 561 g/mol. The Morgan fingerprint density at radius 1 is 0.951 bits per heavy atom. The minimum Gasteiger partial charge on any atom is -0.486 e. The molecule has 0 unspecified atom stereocenters. The first-order valence-corrected chi connectivity index (χ1v) is 14.2. The van der Waals surface area contributed by atoms with Gasteiger partial charge in [0.1, 0.15) is 19.3 Å². The molecule has 2 aliphatic heterocycles. The number of hydrogen-bond acceptors (Lipinski definition) is 6. The monoisotopic (exact) mass is 560 g/mol. The van der Waals surface area contributed by atoms with Gasteiger partial charge in [0, 0.05) is 12.1 Å². The maximum absolute atomic E-state index is 14.7. The predicted octanol–water partition coefficient (Wildman–Crippen LogP) is 5.06. The highest BCUT2D eigenvalue weighted by Crippen LogP contribution is 2.36. The van der Waals surface area contributed by atoms with Crippen molar-refractivity contribution < 1.29 is 28.6 Å². The Labute approximate surface area is 240 Å². The van der Waals surface area contributed by atoms with Gasteiger partial charge in [0.2, 0.25) is 5.78 Å². The van der Waals surface area contributed by atoms with Gasteiger partial charge >= 0.3 is 0 Å². The highest BCUT2D eigenvalue weighted by Gasteiger charge is 2.31. The summed E-state index contributed by atoms with van der Waals surface area (Å²) in [6.07, 6.45) is 0.760. The van der Waals surface area contributed by atoms with Crippen molar-refractivity contribution in [3.05, 3.63) is 83.2 Å². The number of rotatable bonds is 8. The summed E-state index contributed by atoms with van der Waals surface area (Å²) >= 11 is 0. The number of ketones is 1. The number of aliphatic hydroxyl groups excluding tert-OH is 1. The van der Waals surface area contributed by atoms with Crippen molar-refractivity contribution in [2.24, 2.45) is 0 Å². The standard InChI is InChI=1S/C33H37FN2O5/c1-33(2,3)25-12-10-22(11-13-25)21-6-8-23(9-7-21)30(38)32(39)35-27(20-36-14-4-5-15-36)29(37)24-18-26(34)31-28(19-24)40-16-17-41-31/h6-13,18-19,27,29,37H,4-5,14-17,20H2,1-3H3,(H,35,39)/t27-,29-/m1/s1. The molecular weight excluding hydrogens is 523 g/mol. The minimum atomic E-state index is -1.27. The summed E-state index contributed by atoms with van der Waals surface area (Å²) in [6.45, 7) is 8.97. The van der Waals surface area contributed by atoms with Crippen LogP contribution < -0.4 is 14.8 Å². The number of fused-ring (bicyclic) bond motifs is 1. The third kappa shape index (κ3) is 6.60. The van der Waals surface area contributed by atoms with Gasteiger partial charge in [-0.25, -0.2) is 4.39 Å². The van der Waals surface area contributed by atoms with E-state index in [1.54, 1.807) is 12.1 Å². The second-order valence-electron chi connectivity index (χ2n) is 11.8. The lowest BCUT2D eigenvalue weighted by Gasteiger charge is -2.29. The van der Waals surface area contributed by atoms with Crippen LogP contribution in [0.25, 0.3) is 11.1 Å². The Kier molecular flexibility index (Phi) is 8.42. The van der Waals surface area contributed by atoms with E-state index in [0.29, 0.717) is 6.54 Å². The van der Waals surface area contributed by atoms with Gasteiger partial charge < -0.3 is 24.8 Å². The van der Waals surface area contributed by atoms with Crippen molar-refractivity contribution in [1.29, 1.82) is 0 Å². The van der Waals surface area contributed by atoms with Crippen LogP contribution in [0.5, 0.6) is 11.5 Å². The van der Waals surface area contributed by atoms with Gasteiger partial charge in [-0.1, -0.05) is 69.3 Å². The first kappa shape index (κ1) is 28.8. The second-order valence-corrected chi connectivity index (χ2v) is 11.8. The van der Waals surface area contributed by atoms with Crippen molar-refractivity contribution in [3.8, 4) is 22.6 Å². The van der Waals surface area contributed by atoms with Crippen LogP contribution in [0.3, 0.4) is 0 Å². The van der Waals surface area contributed by atoms with Gasteiger partial charge in [-0.05, 0) is 65.7 Å². The number of carbonyl (C=O) groups excluding carboxylic acids is 2. The topological polar surface area (TPSA) is 88.1 Å². The summed E-state index contributed by atoms with van der Waals surface area (Å²) in [4.78, 5) is 28.4. The maximum Gasteiger partial charge on any atom is 0.292 e. The fourth-order valence-corrected chi connectivity index (χ4v) is 5.34. The van der Waals surface area contributed by atoms with E-state index in [1.165, 1.54) is 17.7 Å². The molecule has 2 heterocycles. The lowest BCUT2D eigenvalue weighted by Crippen LogP contribution is -2.48. The Balaban J connectivity index is 1.31. The first-order valence-electron chi connectivity index (χ1n) is 14.2. The van der Waals surface area contributed by atoms with E-state index in [1.807, 2.05) is 12.1 Å². The number of hydrogen-bond donors (Lipinski definition) is 2. The Bertz CT molecular complexity index is 1390. The third-order valence-electron chi connectivity index (χ3n) is 7.75. The van der Waals surface area contributed by atoms with Crippen molar-refractivity contribution in [2.75, 3.05) is 32.8 Å². The van der Waals surface area contributed by atoms with E-state index in [4.69, 9.17) is 9.47 Å². The number of benzene rings is 3. The van der Waals surface area contributed by atoms with E-state index in [9.17, 15) is 19.1 Å². The van der Waals surface area contributed by atoms with Crippen LogP contribution in [0, 0.1) is 5.82 Å². The lowest BCUT2D eigenvalue weighted by atomic mass is 9.86. The summed E-state index contributed by atoms with van der Waals surface area (Å²) in [5, 5.41) is 14.0. The smallest absolute Gasteiger partial charge is 0.292 e. The molecule has 8 heteroatoms. The third-order valence-corrected chi connectivity index (χ3v) is 7.75. The number of carbonyl (C=O) groups is 2. The first-order chi connectivity index (χ1) is 19.6. The molecular formula is C33H37FN2O5. The van der Waals surface area contributed by atoms with Crippen LogP contribution in [-0.4, -0.2) is 60.6 Å². The van der Waals surface area contributed by atoms with Gasteiger partial charge in [0.25, 0.3) is 5.91 Å². The fraction of sp³-hybridized carbons (Fsp3) is 0.394. The summed E-state index contributed by atoms with van der Waals surface area (Å²) in [6, 6.07) is 17.1. The number of amides is 1. The Morgan fingerprint density at radius 3 is 2.20 bits per heavy atom. The summed E-state index contributed by atoms with van der Waals surface area (Å²) in [5.41, 5.74) is 3.73. The SMILES string of the molecule is CC(C)(C)c1ccc(-c2ccc(C(=O)C(=O)N[C@H](CN3CCCC3)[C@H](O)c3cc(F)c4c(c3)OCCO4)cc2)cc1. The largest absolute Gasteiger partial charge is 0.486 e. The molecule has 3 aromatic carbocycles. The number of nitrogens with zero attached hydrogens (tertiary/aromatic N) is 1. The molecule has 0 bridgehead atoms. The van der Waals surface area contributed by atoms with E-state index < -0.39 is 29.7 Å². The molecule has 1 amide bonds. The molecule has 2 N–H and O–H groups in total. The van der Waals surface area contributed by atoms with Gasteiger partial charge in [-0.3, -0.25) is 9.59 Å². The molecule has 3 aromatic rings. The molecule has 0 radical (unpaired) electrons. The quantitative estimate of drug-likeness (QED) is 0.296. The van der Waals surface area contributed by atoms with Crippen molar-refractivity contribution in [1.82, 2.24) is 10.2 Å². The number of nitrogens with one attached hydrogen (secondary N) is 1. The molecule has 5 rings (SSSR count). The van der Waals surface area contributed by atoms with Crippen LogP contribution in [0.2, 0.25) is 0 Å². The summed E-state index contributed by atoms with van der Waals surface area (Å²) < 4.78 is 25.6. The second kappa shape index (κ2) is 12.0. The van der Waals surface area contributed by atoms with Crippen molar-refractivity contribution in [3.63, 3.8) is 0 Å². The molecule has 0 aromatic heterocycles. The molecule has 1 fully saturated rings. The average Bonchev–Trinajstić information content (AvgIpc) is 3.49. The number of likely N-dealkylation sites (tertiary alicyclic amines) is 1. The van der Waals surface area contributed by atoms with Crippen LogP contribution in [0.15, 0.2) is 60.7 Å². The normalized spacial score (nSPS) is 16.7. The summed E-state index contributed by atoms with van der Waals surface area (Å²) in [5.74, 6) is -1.95. The highest BCUT2D eigenvalue weighted by molar-refractivity contribution is 6.42. The number of aliphatic hydroxyl groups is 1. The molecule has 7 nitrogen and oxygen atoms in total. The predicted molar refractivity (Wildman–Crippen MR) is 155 cm³/mol. The zero-order valence-electron chi connectivity index (χ0n) is 23.8. The number of Topliss-reactive ketones (excluding diaryl/α,β-unsaturated/α-hetero) is 1. The Hall–Kier alpha value is -3.75. The molecule has 41 heavy (non-hydrogen) atoms. The molecule has 2 atom stereocenters. The van der Waals surface area contributed by atoms with Crippen molar-refractivity contribution in [2.45, 2.75) is 51.2 Å². The lowest BCUT2D eigenvalue weighted by molar-refractivity contribution is -0.118. The van der Waals surface area contributed by atoms with E-state index in [0.717, 1.165) is 37.1 Å². The van der Waals surface area contributed by atoms with E-state index in [-0.39, 0.29) is 41.3 Å².